The standard InChI is InChI=1S/C16H14N2O/c1-2-15(19)18-12-11-17-10-6-9-14(17)16(18)13-7-4-3-5-8-13/h1,3-10,16H,11-12H2. The monoisotopic (exact) mass is 250 g/mol. The lowest BCUT2D eigenvalue weighted by molar-refractivity contribution is -0.127. The maximum absolute atomic E-state index is 12.0. The van der Waals surface area contributed by atoms with Gasteiger partial charge in [-0.2, -0.15) is 0 Å². The molecule has 3 nitrogen and oxygen atoms in total. The molecule has 2 aromatic rings. The molecular weight excluding hydrogens is 236 g/mol. The molecule has 94 valence electrons. The third-order valence-electron chi connectivity index (χ3n) is 3.54. The van der Waals surface area contributed by atoms with Crippen LogP contribution in [0, 0.1) is 12.3 Å². The highest BCUT2D eigenvalue weighted by Gasteiger charge is 2.31. The first-order chi connectivity index (χ1) is 9.31. The van der Waals surface area contributed by atoms with Gasteiger partial charge in [-0.25, -0.2) is 0 Å². The van der Waals surface area contributed by atoms with Crippen LogP contribution in [0.1, 0.15) is 17.3 Å². The predicted molar refractivity (Wildman–Crippen MR) is 73.3 cm³/mol. The Morgan fingerprint density at radius 1 is 1.16 bits per heavy atom. The summed E-state index contributed by atoms with van der Waals surface area (Å²) in [6, 6.07) is 14.0. The molecule has 2 heterocycles. The van der Waals surface area contributed by atoms with Gasteiger partial charge in [0.15, 0.2) is 0 Å². The van der Waals surface area contributed by atoms with E-state index >= 15 is 0 Å². The lowest BCUT2D eigenvalue weighted by Gasteiger charge is -2.36. The van der Waals surface area contributed by atoms with Gasteiger partial charge in [0.2, 0.25) is 0 Å². The second-order valence-corrected chi connectivity index (χ2v) is 4.58. The van der Waals surface area contributed by atoms with Crippen molar-refractivity contribution in [2.75, 3.05) is 6.54 Å². The van der Waals surface area contributed by atoms with Crippen LogP contribution in [0.4, 0.5) is 0 Å². The number of nitrogens with zero attached hydrogens (tertiary/aromatic N) is 2. The van der Waals surface area contributed by atoms with Gasteiger partial charge in [0.25, 0.3) is 5.91 Å². The Kier molecular flexibility index (Phi) is 2.85. The molecule has 1 unspecified atom stereocenters. The van der Waals surface area contributed by atoms with E-state index in [0.29, 0.717) is 6.54 Å². The first kappa shape index (κ1) is 11.6. The van der Waals surface area contributed by atoms with Crippen LogP contribution in [0.5, 0.6) is 0 Å². The number of hydrogen-bond donors (Lipinski definition) is 0. The number of terminal acetylenes is 1. The van der Waals surface area contributed by atoms with Crippen molar-refractivity contribution in [1.82, 2.24) is 9.47 Å². The molecule has 0 bridgehead atoms. The van der Waals surface area contributed by atoms with E-state index < -0.39 is 0 Å². The van der Waals surface area contributed by atoms with Crippen molar-refractivity contribution in [1.29, 1.82) is 0 Å². The summed E-state index contributed by atoms with van der Waals surface area (Å²) in [6.45, 7) is 1.43. The van der Waals surface area contributed by atoms with Crippen molar-refractivity contribution in [3.8, 4) is 12.3 Å². The minimum absolute atomic E-state index is 0.0894. The van der Waals surface area contributed by atoms with Crippen LogP contribution in [0.25, 0.3) is 0 Å². The molecule has 1 aliphatic heterocycles. The van der Waals surface area contributed by atoms with Crippen molar-refractivity contribution in [3.63, 3.8) is 0 Å². The largest absolute Gasteiger partial charge is 0.348 e. The van der Waals surface area contributed by atoms with E-state index in [9.17, 15) is 4.79 Å². The number of rotatable bonds is 1. The Balaban J connectivity index is 2.10. The zero-order valence-corrected chi connectivity index (χ0v) is 10.5. The fourth-order valence-corrected chi connectivity index (χ4v) is 2.67. The summed E-state index contributed by atoms with van der Waals surface area (Å²) in [5, 5.41) is 0. The van der Waals surface area contributed by atoms with Gasteiger partial charge < -0.3 is 9.47 Å². The fourth-order valence-electron chi connectivity index (χ4n) is 2.67. The summed E-state index contributed by atoms with van der Waals surface area (Å²) in [4.78, 5) is 13.7. The van der Waals surface area contributed by atoms with Crippen molar-refractivity contribution in [3.05, 3.63) is 59.9 Å². The molecule has 1 aromatic carbocycles. The lowest BCUT2D eigenvalue weighted by atomic mass is 10.00. The van der Waals surface area contributed by atoms with Gasteiger partial charge >= 0.3 is 0 Å². The number of carbonyl (C=O) groups excluding carboxylic acids is 1. The topological polar surface area (TPSA) is 25.2 Å². The molecule has 0 spiro atoms. The molecule has 1 amide bonds. The fraction of sp³-hybridized carbons (Fsp3) is 0.188. The van der Waals surface area contributed by atoms with Crippen LogP contribution in [0.2, 0.25) is 0 Å². The van der Waals surface area contributed by atoms with Gasteiger partial charge in [-0.05, 0) is 23.6 Å². The number of carbonyl (C=O) groups is 1. The Morgan fingerprint density at radius 2 is 1.95 bits per heavy atom. The Morgan fingerprint density at radius 3 is 2.68 bits per heavy atom. The highest BCUT2D eigenvalue weighted by molar-refractivity contribution is 5.93. The van der Waals surface area contributed by atoms with Gasteiger partial charge in [-0.3, -0.25) is 4.79 Å². The predicted octanol–water partition coefficient (Wildman–Crippen LogP) is 2.05. The first-order valence-corrected chi connectivity index (χ1v) is 6.28. The van der Waals surface area contributed by atoms with Crippen LogP contribution in [0.3, 0.4) is 0 Å². The molecule has 3 heteroatoms. The van der Waals surface area contributed by atoms with Crippen molar-refractivity contribution < 1.29 is 4.79 Å². The van der Waals surface area contributed by atoms with Crippen molar-refractivity contribution in [2.24, 2.45) is 0 Å². The molecule has 1 aromatic heterocycles. The first-order valence-electron chi connectivity index (χ1n) is 6.28. The van der Waals surface area contributed by atoms with Crippen LogP contribution in [0.15, 0.2) is 48.7 Å². The molecule has 0 saturated heterocycles. The number of amides is 1. The molecule has 0 radical (unpaired) electrons. The smallest absolute Gasteiger partial charge is 0.299 e. The Hall–Kier alpha value is -2.47. The van der Waals surface area contributed by atoms with E-state index in [4.69, 9.17) is 6.42 Å². The Labute approximate surface area is 112 Å². The molecule has 0 fully saturated rings. The average Bonchev–Trinajstić information content (AvgIpc) is 2.94. The summed E-state index contributed by atoms with van der Waals surface area (Å²) in [6.07, 6.45) is 7.34. The van der Waals surface area contributed by atoms with Gasteiger partial charge in [0.05, 0.1) is 6.04 Å². The van der Waals surface area contributed by atoms with E-state index in [-0.39, 0.29) is 11.9 Å². The van der Waals surface area contributed by atoms with E-state index in [1.165, 1.54) is 0 Å². The van der Waals surface area contributed by atoms with Gasteiger partial charge in [-0.1, -0.05) is 30.3 Å². The normalized spacial score (nSPS) is 17.6. The second-order valence-electron chi connectivity index (χ2n) is 4.58. The lowest BCUT2D eigenvalue weighted by Crippen LogP contribution is -2.41. The summed E-state index contributed by atoms with van der Waals surface area (Å²) in [7, 11) is 0. The second kappa shape index (κ2) is 4.66. The summed E-state index contributed by atoms with van der Waals surface area (Å²) < 4.78 is 2.18. The molecule has 0 aliphatic carbocycles. The highest BCUT2D eigenvalue weighted by Crippen LogP contribution is 2.32. The zero-order valence-electron chi connectivity index (χ0n) is 10.5. The molecular formula is C16H14N2O. The molecule has 1 atom stereocenters. The molecule has 3 rings (SSSR count). The summed E-state index contributed by atoms with van der Waals surface area (Å²) in [5.74, 6) is 1.99. The molecule has 0 N–H and O–H groups in total. The van der Waals surface area contributed by atoms with Crippen LogP contribution < -0.4 is 0 Å². The van der Waals surface area contributed by atoms with E-state index in [1.54, 1.807) is 4.90 Å². The zero-order chi connectivity index (χ0) is 13.2. The van der Waals surface area contributed by atoms with Gasteiger partial charge in [0, 0.05) is 25.0 Å². The summed E-state index contributed by atoms with van der Waals surface area (Å²) >= 11 is 0. The minimum atomic E-state index is -0.249. The maximum atomic E-state index is 12.0. The number of hydrogen-bond acceptors (Lipinski definition) is 1. The van der Waals surface area contributed by atoms with E-state index in [0.717, 1.165) is 17.8 Å². The third-order valence-corrected chi connectivity index (χ3v) is 3.54. The average molecular weight is 250 g/mol. The van der Waals surface area contributed by atoms with Crippen LogP contribution >= 0.6 is 0 Å². The quantitative estimate of drug-likeness (QED) is 0.711. The SMILES string of the molecule is C#CC(=O)N1CCn2cccc2C1c1ccccc1. The number of benzene rings is 1. The van der Waals surface area contributed by atoms with Gasteiger partial charge in [0.1, 0.15) is 0 Å². The minimum Gasteiger partial charge on any atom is -0.348 e. The number of aromatic nitrogens is 1. The molecule has 0 saturated carbocycles. The van der Waals surface area contributed by atoms with E-state index in [2.05, 4.69) is 10.5 Å². The summed E-state index contributed by atoms with van der Waals surface area (Å²) in [5.41, 5.74) is 2.20. The third kappa shape index (κ3) is 1.92. The maximum Gasteiger partial charge on any atom is 0.299 e. The number of fused-ring (bicyclic) bond motifs is 1. The highest BCUT2D eigenvalue weighted by atomic mass is 16.2. The van der Waals surface area contributed by atoms with Crippen molar-refractivity contribution in [2.45, 2.75) is 12.6 Å². The van der Waals surface area contributed by atoms with E-state index in [1.807, 2.05) is 48.7 Å². The molecule has 1 aliphatic rings. The Bertz CT molecular complexity index is 636. The van der Waals surface area contributed by atoms with Gasteiger partial charge in [-0.15, -0.1) is 6.42 Å². The molecule has 19 heavy (non-hydrogen) atoms. The van der Waals surface area contributed by atoms with Crippen molar-refractivity contribution >= 4 is 5.91 Å². The van der Waals surface area contributed by atoms with Crippen LogP contribution in [-0.4, -0.2) is 21.9 Å². The van der Waals surface area contributed by atoms with Crippen LogP contribution in [-0.2, 0) is 11.3 Å².